The van der Waals surface area contributed by atoms with E-state index >= 15 is 0 Å². The van der Waals surface area contributed by atoms with Gasteiger partial charge in [-0.25, -0.2) is 0 Å². The summed E-state index contributed by atoms with van der Waals surface area (Å²) in [6.07, 6.45) is -0.495. The van der Waals surface area contributed by atoms with Crippen molar-refractivity contribution in [1.29, 1.82) is 0 Å². The lowest BCUT2D eigenvalue weighted by Crippen LogP contribution is -2.14. The standard InChI is InChI=1S/C10H15NO/c1-7-4-5-8(2)10(6-7)11-9(3)12/h4-6,9,11-12H,1-3H3. The molecule has 0 saturated heterocycles. The Morgan fingerprint density at radius 2 is 2.00 bits per heavy atom. The maximum absolute atomic E-state index is 9.11. The molecule has 0 bridgehead atoms. The number of hydrogen-bond acceptors (Lipinski definition) is 2. The summed E-state index contributed by atoms with van der Waals surface area (Å²) in [6, 6.07) is 6.13. The molecule has 0 amide bonds. The number of aliphatic hydroxyl groups is 1. The third-order valence-electron chi connectivity index (χ3n) is 1.76. The first-order valence-electron chi connectivity index (χ1n) is 4.11. The Morgan fingerprint density at radius 1 is 1.33 bits per heavy atom. The Labute approximate surface area is 73.2 Å². The molecule has 2 heteroatoms. The van der Waals surface area contributed by atoms with Crippen molar-refractivity contribution in [3.8, 4) is 0 Å². The van der Waals surface area contributed by atoms with Gasteiger partial charge in [0.25, 0.3) is 0 Å². The van der Waals surface area contributed by atoms with Gasteiger partial charge in [-0.05, 0) is 38.0 Å². The Kier molecular flexibility index (Phi) is 2.71. The quantitative estimate of drug-likeness (QED) is 0.657. The summed E-state index contributed by atoms with van der Waals surface area (Å²) in [6.45, 7) is 5.76. The van der Waals surface area contributed by atoms with Crippen molar-refractivity contribution in [2.24, 2.45) is 0 Å². The van der Waals surface area contributed by atoms with Crippen LogP contribution in [0.4, 0.5) is 5.69 Å². The zero-order valence-electron chi connectivity index (χ0n) is 7.76. The van der Waals surface area contributed by atoms with Crippen molar-refractivity contribution in [3.05, 3.63) is 29.3 Å². The van der Waals surface area contributed by atoms with Gasteiger partial charge in [-0.1, -0.05) is 12.1 Å². The van der Waals surface area contributed by atoms with E-state index < -0.39 is 6.23 Å². The predicted octanol–water partition coefficient (Wildman–Crippen LogP) is 2.05. The maximum atomic E-state index is 9.11. The van der Waals surface area contributed by atoms with Gasteiger partial charge in [0.2, 0.25) is 0 Å². The van der Waals surface area contributed by atoms with Crippen LogP contribution in [-0.4, -0.2) is 11.3 Å². The Hall–Kier alpha value is -1.02. The van der Waals surface area contributed by atoms with Crippen LogP contribution in [0.5, 0.6) is 0 Å². The van der Waals surface area contributed by atoms with Gasteiger partial charge in [0.05, 0.1) is 0 Å². The van der Waals surface area contributed by atoms with Gasteiger partial charge in [-0.3, -0.25) is 0 Å². The van der Waals surface area contributed by atoms with Crippen LogP contribution in [0.1, 0.15) is 18.1 Å². The van der Waals surface area contributed by atoms with E-state index in [2.05, 4.69) is 11.4 Å². The van der Waals surface area contributed by atoms with E-state index in [0.717, 1.165) is 11.3 Å². The lowest BCUT2D eigenvalue weighted by atomic mass is 10.1. The largest absolute Gasteiger partial charge is 0.374 e. The molecular formula is C10H15NO. The highest BCUT2D eigenvalue weighted by molar-refractivity contribution is 5.52. The van der Waals surface area contributed by atoms with Crippen LogP contribution in [0.2, 0.25) is 0 Å². The molecule has 1 aromatic rings. The second-order valence-electron chi connectivity index (χ2n) is 3.14. The number of hydrogen-bond donors (Lipinski definition) is 2. The topological polar surface area (TPSA) is 32.3 Å². The Bertz CT molecular complexity index is 269. The van der Waals surface area contributed by atoms with Crippen molar-refractivity contribution < 1.29 is 5.11 Å². The summed E-state index contributed by atoms with van der Waals surface area (Å²) < 4.78 is 0. The minimum atomic E-state index is -0.495. The molecule has 0 heterocycles. The predicted molar refractivity (Wildman–Crippen MR) is 51.2 cm³/mol. The average molecular weight is 165 g/mol. The number of benzene rings is 1. The van der Waals surface area contributed by atoms with E-state index in [1.807, 2.05) is 26.0 Å². The van der Waals surface area contributed by atoms with Gasteiger partial charge >= 0.3 is 0 Å². The maximum Gasteiger partial charge on any atom is 0.121 e. The van der Waals surface area contributed by atoms with Crippen LogP contribution >= 0.6 is 0 Å². The lowest BCUT2D eigenvalue weighted by molar-refractivity contribution is 0.224. The van der Waals surface area contributed by atoms with E-state index in [0.29, 0.717) is 0 Å². The zero-order valence-corrected chi connectivity index (χ0v) is 7.76. The van der Waals surface area contributed by atoms with E-state index in [4.69, 9.17) is 5.11 Å². The summed E-state index contributed by atoms with van der Waals surface area (Å²) in [4.78, 5) is 0. The van der Waals surface area contributed by atoms with Crippen molar-refractivity contribution in [1.82, 2.24) is 0 Å². The highest BCUT2D eigenvalue weighted by Gasteiger charge is 1.99. The second kappa shape index (κ2) is 3.59. The molecule has 1 unspecified atom stereocenters. The van der Waals surface area contributed by atoms with Crippen LogP contribution in [0.25, 0.3) is 0 Å². The molecule has 0 aliphatic heterocycles. The molecule has 0 aliphatic carbocycles. The SMILES string of the molecule is Cc1ccc(C)c(NC(C)O)c1. The molecule has 0 fully saturated rings. The van der Waals surface area contributed by atoms with Gasteiger partial charge in [-0.15, -0.1) is 0 Å². The van der Waals surface area contributed by atoms with Gasteiger partial charge in [0, 0.05) is 5.69 Å². The first-order valence-corrected chi connectivity index (χ1v) is 4.11. The molecular weight excluding hydrogens is 150 g/mol. The Balaban J connectivity index is 2.90. The van der Waals surface area contributed by atoms with E-state index in [-0.39, 0.29) is 0 Å². The van der Waals surface area contributed by atoms with Crippen LogP contribution in [-0.2, 0) is 0 Å². The fourth-order valence-corrected chi connectivity index (χ4v) is 1.12. The Morgan fingerprint density at radius 3 is 2.58 bits per heavy atom. The highest BCUT2D eigenvalue weighted by Crippen LogP contribution is 2.16. The minimum absolute atomic E-state index is 0.495. The van der Waals surface area contributed by atoms with E-state index in [1.54, 1.807) is 6.92 Å². The van der Waals surface area contributed by atoms with Crippen LogP contribution in [0.15, 0.2) is 18.2 Å². The molecule has 2 nitrogen and oxygen atoms in total. The van der Waals surface area contributed by atoms with Gasteiger partial charge in [-0.2, -0.15) is 0 Å². The molecule has 0 aromatic heterocycles. The first kappa shape index (κ1) is 9.07. The molecule has 66 valence electrons. The zero-order chi connectivity index (χ0) is 9.14. The minimum Gasteiger partial charge on any atom is -0.374 e. The normalized spacial score (nSPS) is 12.7. The number of aryl methyl sites for hydroxylation is 2. The van der Waals surface area contributed by atoms with Crippen molar-refractivity contribution >= 4 is 5.69 Å². The van der Waals surface area contributed by atoms with Crippen molar-refractivity contribution in [2.75, 3.05) is 5.32 Å². The van der Waals surface area contributed by atoms with Gasteiger partial charge in [0.15, 0.2) is 0 Å². The third kappa shape index (κ3) is 2.24. The molecule has 12 heavy (non-hydrogen) atoms. The summed E-state index contributed by atoms with van der Waals surface area (Å²) in [7, 11) is 0. The first-order chi connectivity index (χ1) is 5.59. The summed E-state index contributed by atoms with van der Waals surface area (Å²) >= 11 is 0. The van der Waals surface area contributed by atoms with Crippen LogP contribution in [0.3, 0.4) is 0 Å². The fraction of sp³-hybridized carbons (Fsp3) is 0.400. The van der Waals surface area contributed by atoms with Crippen LogP contribution in [0, 0.1) is 13.8 Å². The molecule has 1 atom stereocenters. The number of rotatable bonds is 2. The summed E-state index contributed by atoms with van der Waals surface area (Å²) in [5.41, 5.74) is 3.36. The third-order valence-corrected chi connectivity index (χ3v) is 1.76. The molecule has 0 spiro atoms. The number of nitrogens with one attached hydrogen (secondary N) is 1. The fourth-order valence-electron chi connectivity index (χ4n) is 1.12. The molecule has 1 aromatic carbocycles. The molecule has 0 aliphatic rings. The van der Waals surface area contributed by atoms with Gasteiger partial charge < -0.3 is 10.4 Å². The van der Waals surface area contributed by atoms with E-state index in [1.165, 1.54) is 5.56 Å². The average Bonchev–Trinajstić information content (AvgIpc) is 1.96. The van der Waals surface area contributed by atoms with Gasteiger partial charge in [0.1, 0.15) is 6.23 Å². The lowest BCUT2D eigenvalue weighted by Gasteiger charge is -2.12. The molecule has 1 rings (SSSR count). The summed E-state index contributed by atoms with van der Waals surface area (Å²) in [5, 5.41) is 12.1. The second-order valence-corrected chi connectivity index (χ2v) is 3.14. The number of aliphatic hydroxyl groups excluding tert-OH is 1. The van der Waals surface area contributed by atoms with E-state index in [9.17, 15) is 0 Å². The van der Waals surface area contributed by atoms with Crippen LogP contribution < -0.4 is 5.32 Å². The highest BCUT2D eigenvalue weighted by atomic mass is 16.3. The smallest absolute Gasteiger partial charge is 0.121 e. The molecule has 0 saturated carbocycles. The molecule has 2 N–H and O–H groups in total. The monoisotopic (exact) mass is 165 g/mol. The number of anilines is 1. The summed E-state index contributed by atoms with van der Waals surface area (Å²) in [5.74, 6) is 0. The molecule has 0 radical (unpaired) electrons. The van der Waals surface area contributed by atoms with Crippen molar-refractivity contribution in [2.45, 2.75) is 27.0 Å². The van der Waals surface area contributed by atoms with Crippen molar-refractivity contribution in [3.63, 3.8) is 0 Å².